The number of benzene rings is 1. The third kappa shape index (κ3) is 2.94. The Morgan fingerprint density at radius 3 is 2.83 bits per heavy atom. The Bertz CT molecular complexity index is 507. The van der Waals surface area contributed by atoms with E-state index in [-0.39, 0.29) is 0 Å². The summed E-state index contributed by atoms with van der Waals surface area (Å²) in [5.41, 5.74) is 1.33. The highest BCUT2D eigenvalue weighted by atomic mass is 32.2. The molecule has 0 fully saturated rings. The normalized spacial score (nSPS) is 12.6. The van der Waals surface area contributed by atoms with E-state index in [4.69, 9.17) is 0 Å². The maximum absolute atomic E-state index is 4.36. The fourth-order valence-corrected chi connectivity index (χ4v) is 2.92. The van der Waals surface area contributed by atoms with Crippen molar-refractivity contribution in [3.63, 3.8) is 0 Å². The molecule has 0 bridgehead atoms. The van der Waals surface area contributed by atoms with Gasteiger partial charge in [0.15, 0.2) is 5.16 Å². The molecule has 3 nitrogen and oxygen atoms in total. The number of hydrogen-bond acceptors (Lipinski definition) is 3. The molecule has 0 saturated heterocycles. The first-order chi connectivity index (χ1) is 8.72. The highest BCUT2D eigenvalue weighted by Gasteiger charge is 2.11. The molecule has 4 heteroatoms. The monoisotopic (exact) mass is 261 g/mol. The number of aromatic nitrogens is 2. The average Bonchev–Trinajstić information content (AvgIpc) is 2.76. The second-order valence-electron chi connectivity index (χ2n) is 4.24. The Balaban J connectivity index is 2.25. The SMILES string of the molecule is CCNC(C)c1ccccc1Sc1nccn1C. The zero-order valence-corrected chi connectivity index (χ0v) is 11.9. The molecule has 0 aliphatic carbocycles. The van der Waals surface area contributed by atoms with Crippen molar-refractivity contribution in [1.29, 1.82) is 0 Å². The number of rotatable bonds is 5. The molecule has 0 aliphatic rings. The molecule has 1 heterocycles. The molecule has 1 aromatic carbocycles. The van der Waals surface area contributed by atoms with Crippen LogP contribution in [0.2, 0.25) is 0 Å². The Hall–Kier alpha value is -1.26. The van der Waals surface area contributed by atoms with Crippen LogP contribution >= 0.6 is 11.8 Å². The van der Waals surface area contributed by atoms with Gasteiger partial charge in [-0.15, -0.1) is 0 Å². The van der Waals surface area contributed by atoms with Crippen molar-refractivity contribution in [3.8, 4) is 0 Å². The summed E-state index contributed by atoms with van der Waals surface area (Å²) in [6, 6.07) is 8.86. The highest BCUT2D eigenvalue weighted by molar-refractivity contribution is 7.99. The van der Waals surface area contributed by atoms with Crippen molar-refractivity contribution >= 4 is 11.8 Å². The van der Waals surface area contributed by atoms with Crippen LogP contribution in [0.1, 0.15) is 25.5 Å². The number of nitrogens with zero attached hydrogens (tertiary/aromatic N) is 2. The number of nitrogens with one attached hydrogen (secondary N) is 1. The molecule has 96 valence electrons. The second kappa shape index (κ2) is 6.07. The van der Waals surface area contributed by atoms with Crippen molar-refractivity contribution in [2.45, 2.75) is 29.9 Å². The van der Waals surface area contributed by atoms with Crippen LogP contribution in [0.3, 0.4) is 0 Å². The quantitative estimate of drug-likeness (QED) is 0.896. The fraction of sp³-hybridized carbons (Fsp3) is 0.357. The number of hydrogen-bond donors (Lipinski definition) is 1. The summed E-state index contributed by atoms with van der Waals surface area (Å²) in [5, 5.41) is 4.48. The molecule has 0 amide bonds. The zero-order chi connectivity index (χ0) is 13.0. The molecule has 18 heavy (non-hydrogen) atoms. The van der Waals surface area contributed by atoms with E-state index >= 15 is 0 Å². The smallest absolute Gasteiger partial charge is 0.172 e. The van der Waals surface area contributed by atoms with Gasteiger partial charge in [0.1, 0.15) is 0 Å². The van der Waals surface area contributed by atoms with Crippen LogP contribution in [-0.4, -0.2) is 16.1 Å². The van der Waals surface area contributed by atoms with Crippen molar-refractivity contribution in [3.05, 3.63) is 42.2 Å². The first-order valence-corrected chi connectivity index (χ1v) is 7.01. The minimum Gasteiger partial charge on any atom is -0.329 e. The average molecular weight is 261 g/mol. The first kappa shape index (κ1) is 13.2. The number of aryl methyl sites for hydroxylation is 1. The van der Waals surface area contributed by atoms with Crippen LogP contribution in [0.25, 0.3) is 0 Å². The van der Waals surface area contributed by atoms with E-state index in [0.717, 1.165) is 11.7 Å². The molecule has 0 aliphatic heterocycles. The van der Waals surface area contributed by atoms with Crippen molar-refractivity contribution in [2.24, 2.45) is 7.05 Å². The maximum atomic E-state index is 4.36. The van der Waals surface area contributed by atoms with Gasteiger partial charge >= 0.3 is 0 Å². The van der Waals surface area contributed by atoms with Gasteiger partial charge in [0.25, 0.3) is 0 Å². The topological polar surface area (TPSA) is 29.9 Å². The van der Waals surface area contributed by atoms with E-state index in [0.29, 0.717) is 6.04 Å². The Labute approximate surface area is 113 Å². The third-order valence-corrected chi connectivity index (χ3v) is 4.04. The predicted molar refractivity (Wildman–Crippen MR) is 75.9 cm³/mol. The van der Waals surface area contributed by atoms with E-state index < -0.39 is 0 Å². The van der Waals surface area contributed by atoms with E-state index in [1.54, 1.807) is 11.8 Å². The summed E-state index contributed by atoms with van der Waals surface area (Å²) in [5.74, 6) is 0. The molecule has 0 spiro atoms. The van der Waals surface area contributed by atoms with Crippen LogP contribution in [0.4, 0.5) is 0 Å². The fourth-order valence-electron chi connectivity index (χ4n) is 1.90. The standard InChI is InChI=1S/C14H19N3S/c1-4-15-11(2)12-7-5-6-8-13(12)18-14-16-9-10-17(14)3/h5-11,15H,4H2,1-3H3. The molecule has 1 N–H and O–H groups in total. The van der Waals surface area contributed by atoms with Crippen LogP contribution in [-0.2, 0) is 7.05 Å². The summed E-state index contributed by atoms with van der Waals surface area (Å²) in [4.78, 5) is 5.63. The van der Waals surface area contributed by atoms with E-state index in [1.807, 2.05) is 24.0 Å². The second-order valence-corrected chi connectivity index (χ2v) is 5.25. The first-order valence-electron chi connectivity index (χ1n) is 6.20. The summed E-state index contributed by atoms with van der Waals surface area (Å²) in [6.45, 7) is 5.30. The molecule has 1 unspecified atom stereocenters. The maximum Gasteiger partial charge on any atom is 0.172 e. The summed E-state index contributed by atoms with van der Waals surface area (Å²) >= 11 is 1.71. The predicted octanol–water partition coefficient (Wildman–Crippen LogP) is 3.24. The van der Waals surface area contributed by atoms with Crippen LogP contribution < -0.4 is 5.32 Å². The molecule has 2 rings (SSSR count). The van der Waals surface area contributed by atoms with E-state index in [9.17, 15) is 0 Å². The lowest BCUT2D eigenvalue weighted by atomic mass is 10.1. The van der Waals surface area contributed by atoms with Gasteiger partial charge in [-0.1, -0.05) is 36.9 Å². The van der Waals surface area contributed by atoms with Crippen molar-refractivity contribution < 1.29 is 0 Å². The summed E-state index contributed by atoms with van der Waals surface area (Å²) < 4.78 is 2.04. The van der Waals surface area contributed by atoms with Crippen LogP contribution in [0.5, 0.6) is 0 Å². The van der Waals surface area contributed by atoms with Gasteiger partial charge in [-0.25, -0.2) is 4.98 Å². The molecular formula is C14H19N3S. The summed E-state index contributed by atoms with van der Waals surface area (Å²) in [6.07, 6.45) is 3.80. The number of imidazole rings is 1. The van der Waals surface area contributed by atoms with Crippen molar-refractivity contribution in [2.75, 3.05) is 6.54 Å². The molecule has 2 aromatic rings. The van der Waals surface area contributed by atoms with Gasteiger partial charge in [0.2, 0.25) is 0 Å². The Morgan fingerprint density at radius 1 is 1.39 bits per heavy atom. The van der Waals surface area contributed by atoms with Gasteiger partial charge in [-0.3, -0.25) is 0 Å². The molecule has 0 saturated carbocycles. The van der Waals surface area contributed by atoms with Crippen LogP contribution in [0.15, 0.2) is 46.7 Å². The van der Waals surface area contributed by atoms with Crippen LogP contribution in [0, 0.1) is 0 Å². The summed E-state index contributed by atoms with van der Waals surface area (Å²) in [7, 11) is 2.02. The highest BCUT2D eigenvalue weighted by Crippen LogP contribution is 2.31. The zero-order valence-electron chi connectivity index (χ0n) is 11.1. The molecule has 1 atom stereocenters. The van der Waals surface area contributed by atoms with Gasteiger partial charge in [-0.05, 0) is 25.1 Å². The lowest BCUT2D eigenvalue weighted by molar-refractivity contribution is 0.589. The van der Waals surface area contributed by atoms with Gasteiger partial charge < -0.3 is 9.88 Å². The van der Waals surface area contributed by atoms with Gasteiger partial charge in [0, 0.05) is 30.4 Å². The Kier molecular flexibility index (Phi) is 4.44. The lowest BCUT2D eigenvalue weighted by Crippen LogP contribution is -2.18. The molecule has 0 radical (unpaired) electrons. The lowest BCUT2D eigenvalue weighted by Gasteiger charge is -2.16. The minimum absolute atomic E-state index is 0.360. The van der Waals surface area contributed by atoms with Gasteiger partial charge in [0.05, 0.1) is 0 Å². The van der Waals surface area contributed by atoms with E-state index in [1.165, 1.54) is 10.5 Å². The third-order valence-electron chi connectivity index (χ3n) is 2.87. The van der Waals surface area contributed by atoms with E-state index in [2.05, 4.69) is 48.4 Å². The molecular weight excluding hydrogens is 242 g/mol. The van der Waals surface area contributed by atoms with Gasteiger partial charge in [-0.2, -0.15) is 0 Å². The molecule has 1 aromatic heterocycles. The Morgan fingerprint density at radius 2 is 2.17 bits per heavy atom. The van der Waals surface area contributed by atoms with Crippen molar-refractivity contribution in [1.82, 2.24) is 14.9 Å². The largest absolute Gasteiger partial charge is 0.329 e. The minimum atomic E-state index is 0.360.